The third-order valence-electron chi connectivity index (χ3n) is 1.73. The number of ether oxygens (including phenoxy) is 1. The molecule has 0 atom stereocenters. The third-order valence-corrected chi connectivity index (χ3v) is 1.73. The molecule has 0 aliphatic carbocycles. The van der Waals surface area contributed by atoms with Crippen molar-refractivity contribution in [1.82, 2.24) is 9.97 Å². The van der Waals surface area contributed by atoms with Crippen molar-refractivity contribution in [3.63, 3.8) is 0 Å². The van der Waals surface area contributed by atoms with E-state index in [0.29, 0.717) is 5.56 Å². The van der Waals surface area contributed by atoms with Gasteiger partial charge in [-0.15, -0.1) is 0 Å². The average Bonchev–Trinajstić information content (AvgIpc) is 2.26. The molecule has 1 aromatic heterocycles. The van der Waals surface area contributed by atoms with Crippen LogP contribution in [0.25, 0.3) is 0 Å². The fourth-order valence-electron chi connectivity index (χ4n) is 0.964. The van der Waals surface area contributed by atoms with Crippen molar-refractivity contribution in [2.45, 2.75) is 26.4 Å². The number of carbonyl (C=O) groups is 1. The number of hydrogen-bond acceptors (Lipinski definition) is 5. The lowest BCUT2D eigenvalue weighted by Crippen LogP contribution is -2.35. The Balaban J connectivity index is 2.79. The fraction of sp³-hybridized carbons (Fsp3) is 0.455. The SMILES string of the molecule is CN(C(=O)OC(C)(C)C)c1ncc(C#N)cn1. The van der Waals surface area contributed by atoms with Gasteiger partial charge in [-0.1, -0.05) is 0 Å². The van der Waals surface area contributed by atoms with Gasteiger partial charge in [-0.2, -0.15) is 5.26 Å². The Labute approximate surface area is 99.9 Å². The van der Waals surface area contributed by atoms with Crippen molar-refractivity contribution in [3.8, 4) is 6.07 Å². The summed E-state index contributed by atoms with van der Waals surface area (Å²) in [6.07, 6.45) is 2.16. The second-order valence-electron chi connectivity index (χ2n) is 4.42. The molecule has 1 amide bonds. The van der Waals surface area contributed by atoms with Crippen LogP contribution in [0, 0.1) is 11.3 Å². The Hall–Kier alpha value is -2.16. The van der Waals surface area contributed by atoms with Crippen molar-refractivity contribution < 1.29 is 9.53 Å². The smallest absolute Gasteiger partial charge is 0.416 e. The van der Waals surface area contributed by atoms with Gasteiger partial charge >= 0.3 is 6.09 Å². The van der Waals surface area contributed by atoms with Crippen LogP contribution < -0.4 is 4.90 Å². The highest BCUT2D eigenvalue weighted by atomic mass is 16.6. The molecule has 0 fully saturated rings. The van der Waals surface area contributed by atoms with Gasteiger partial charge in [-0.05, 0) is 20.8 Å². The van der Waals surface area contributed by atoms with E-state index in [4.69, 9.17) is 10.00 Å². The summed E-state index contributed by atoms with van der Waals surface area (Å²) >= 11 is 0. The molecule has 0 radical (unpaired) electrons. The Bertz CT molecular complexity index is 442. The highest BCUT2D eigenvalue weighted by Gasteiger charge is 2.21. The van der Waals surface area contributed by atoms with Gasteiger partial charge < -0.3 is 4.74 Å². The summed E-state index contributed by atoms with van der Waals surface area (Å²) in [4.78, 5) is 20.6. The van der Waals surface area contributed by atoms with Gasteiger partial charge in [0.1, 0.15) is 11.7 Å². The van der Waals surface area contributed by atoms with Gasteiger partial charge in [0, 0.05) is 7.05 Å². The first-order chi connectivity index (χ1) is 7.83. The van der Waals surface area contributed by atoms with E-state index in [2.05, 4.69) is 9.97 Å². The average molecular weight is 234 g/mol. The zero-order chi connectivity index (χ0) is 13.1. The molecule has 0 aliphatic rings. The first-order valence-electron chi connectivity index (χ1n) is 5.02. The number of rotatable bonds is 1. The number of nitrogens with zero attached hydrogens (tertiary/aromatic N) is 4. The zero-order valence-corrected chi connectivity index (χ0v) is 10.3. The number of anilines is 1. The van der Waals surface area contributed by atoms with Crippen molar-refractivity contribution >= 4 is 12.0 Å². The third kappa shape index (κ3) is 3.72. The predicted molar refractivity (Wildman–Crippen MR) is 61.4 cm³/mol. The van der Waals surface area contributed by atoms with Crippen LogP contribution in [0.2, 0.25) is 0 Å². The van der Waals surface area contributed by atoms with Crippen LogP contribution in [-0.2, 0) is 4.74 Å². The van der Waals surface area contributed by atoms with Crippen LogP contribution in [0.3, 0.4) is 0 Å². The zero-order valence-electron chi connectivity index (χ0n) is 10.3. The molecule has 0 aromatic carbocycles. The molecule has 0 saturated carbocycles. The van der Waals surface area contributed by atoms with Crippen LogP contribution in [0.5, 0.6) is 0 Å². The molecule has 90 valence electrons. The molecular weight excluding hydrogens is 220 g/mol. The van der Waals surface area contributed by atoms with Gasteiger partial charge in [-0.3, -0.25) is 0 Å². The minimum absolute atomic E-state index is 0.193. The predicted octanol–water partition coefficient (Wildman–Crippen LogP) is 1.72. The molecule has 0 spiro atoms. The highest BCUT2D eigenvalue weighted by molar-refractivity contribution is 5.84. The summed E-state index contributed by atoms with van der Waals surface area (Å²) in [7, 11) is 1.51. The largest absolute Gasteiger partial charge is 0.443 e. The number of aromatic nitrogens is 2. The summed E-state index contributed by atoms with van der Waals surface area (Å²) in [5.41, 5.74) is -0.232. The van der Waals surface area contributed by atoms with Crippen molar-refractivity contribution in [2.75, 3.05) is 11.9 Å². The van der Waals surface area contributed by atoms with E-state index in [1.54, 1.807) is 20.8 Å². The van der Waals surface area contributed by atoms with Crippen LogP contribution >= 0.6 is 0 Å². The minimum atomic E-state index is -0.571. The Morgan fingerprint density at radius 1 is 1.41 bits per heavy atom. The molecule has 17 heavy (non-hydrogen) atoms. The Kier molecular flexibility index (Phi) is 3.63. The molecule has 0 N–H and O–H groups in total. The van der Waals surface area contributed by atoms with Crippen LogP contribution in [-0.4, -0.2) is 28.7 Å². The molecule has 1 aromatic rings. The Morgan fingerprint density at radius 2 is 1.94 bits per heavy atom. The van der Waals surface area contributed by atoms with Crippen LogP contribution in [0.1, 0.15) is 26.3 Å². The monoisotopic (exact) mass is 234 g/mol. The number of carbonyl (C=O) groups excluding carboxylic acids is 1. The lowest BCUT2D eigenvalue weighted by molar-refractivity contribution is 0.0587. The van der Waals surface area contributed by atoms with Gasteiger partial charge in [0.2, 0.25) is 5.95 Å². The van der Waals surface area contributed by atoms with Crippen LogP contribution in [0.15, 0.2) is 12.4 Å². The van der Waals surface area contributed by atoms with E-state index in [-0.39, 0.29) is 5.95 Å². The topological polar surface area (TPSA) is 79.1 Å². The number of hydrogen-bond donors (Lipinski definition) is 0. The molecule has 0 aliphatic heterocycles. The maximum absolute atomic E-state index is 11.7. The minimum Gasteiger partial charge on any atom is -0.443 e. The summed E-state index contributed by atoms with van der Waals surface area (Å²) in [6, 6.07) is 1.90. The molecule has 1 heterocycles. The number of nitriles is 1. The normalized spacial score (nSPS) is 10.5. The summed E-state index contributed by atoms with van der Waals surface area (Å²) in [5, 5.41) is 8.59. The number of amides is 1. The molecule has 6 heteroatoms. The molecule has 0 bridgehead atoms. The van der Waals surface area contributed by atoms with Crippen molar-refractivity contribution in [2.24, 2.45) is 0 Å². The van der Waals surface area contributed by atoms with Gasteiger partial charge in [0.05, 0.1) is 18.0 Å². The van der Waals surface area contributed by atoms with E-state index in [1.807, 2.05) is 6.07 Å². The molecule has 1 rings (SSSR count). The van der Waals surface area contributed by atoms with E-state index in [1.165, 1.54) is 24.3 Å². The van der Waals surface area contributed by atoms with Gasteiger partial charge in [0.15, 0.2) is 0 Å². The van der Waals surface area contributed by atoms with Gasteiger partial charge in [-0.25, -0.2) is 19.7 Å². The first kappa shape index (κ1) is 12.9. The van der Waals surface area contributed by atoms with E-state index >= 15 is 0 Å². The van der Waals surface area contributed by atoms with E-state index in [0.717, 1.165) is 0 Å². The quantitative estimate of drug-likeness (QED) is 0.739. The molecule has 6 nitrogen and oxygen atoms in total. The molecule has 0 saturated heterocycles. The lowest BCUT2D eigenvalue weighted by Gasteiger charge is -2.23. The maximum atomic E-state index is 11.7. The molecular formula is C11H14N4O2. The van der Waals surface area contributed by atoms with E-state index < -0.39 is 11.7 Å². The highest BCUT2D eigenvalue weighted by Crippen LogP contribution is 2.12. The summed E-state index contributed by atoms with van der Waals surface area (Å²) in [6.45, 7) is 5.33. The maximum Gasteiger partial charge on any atom is 0.416 e. The standard InChI is InChI=1S/C11H14N4O2/c1-11(2,3)17-10(16)15(4)9-13-6-8(5-12)7-14-9/h6-7H,1-4H3. The summed E-state index contributed by atoms with van der Waals surface area (Å²) < 4.78 is 5.15. The van der Waals surface area contributed by atoms with Gasteiger partial charge in [0.25, 0.3) is 0 Å². The second kappa shape index (κ2) is 4.78. The first-order valence-corrected chi connectivity index (χ1v) is 5.02. The van der Waals surface area contributed by atoms with Crippen molar-refractivity contribution in [1.29, 1.82) is 5.26 Å². The fourth-order valence-corrected chi connectivity index (χ4v) is 0.964. The Morgan fingerprint density at radius 3 is 2.35 bits per heavy atom. The van der Waals surface area contributed by atoms with Crippen molar-refractivity contribution in [3.05, 3.63) is 18.0 Å². The lowest BCUT2D eigenvalue weighted by atomic mass is 10.2. The molecule has 0 unspecified atom stereocenters. The van der Waals surface area contributed by atoms with Crippen LogP contribution in [0.4, 0.5) is 10.7 Å². The second-order valence-corrected chi connectivity index (χ2v) is 4.42. The van der Waals surface area contributed by atoms with E-state index in [9.17, 15) is 4.79 Å². The summed E-state index contributed by atoms with van der Waals surface area (Å²) in [5.74, 6) is 0.193.